The second kappa shape index (κ2) is 5.26. The molecule has 1 fully saturated rings. The third-order valence-corrected chi connectivity index (χ3v) is 9.65. The molecule has 1 rings (SSSR count). The van der Waals surface area contributed by atoms with Gasteiger partial charge in [0.05, 0.1) is 11.7 Å². The molecule has 108 valence electrons. The maximum absolute atomic E-state index is 9.62. The van der Waals surface area contributed by atoms with Crippen LogP contribution in [0.4, 0.5) is 0 Å². The van der Waals surface area contributed by atoms with E-state index < -0.39 is 8.32 Å². The van der Waals surface area contributed by atoms with Gasteiger partial charge in [-0.15, -0.1) is 0 Å². The Hall–Kier alpha value is 0.137. The van der Waals surface area contributed by atoms with Gasteiger partial charge in [-0.05, 0) is 63.6 Å². The molecule has 0 bridgehead atoms. The molecular weight excluding hydrogens is 240 g/mol. The SMILES string of the molecule is CC(C)(C)[Si](C)(C)OC(C)(C)[C@H]1CC[C@H](O)CC1. The predicted octanol–water partition coefficient (Wildman–Crippen LogP) is 4.34. The van der Waals surface area contributed by atoms with Gasteiger partial charge in [0.15, 0.2) is 8.32 Å². The van der Waals surface area contributed by atoms with E-state index in [0.29, 0.717) is 5.92 Å². The number of hydrogen-bond donors (Lipinski definition) is 1. The molecule has 0 atom stereocenters. The molecule has 0 amide bonds. The Morgan fingerprint density at radius 2 is 1.39 bits per heavy atom. The minimum atomic E-state index is -1.70. The molecular formula is C15H32O2Si. The van der Waals surface area contributed by atoms with Crippen molar-refractivity contribution >= 4 is 8.32 Å². The first kappa shape index (κ1) is 16.2. The number of aliphatic hydroxyl groups excluding tert-OH is 1. The molecule has 1 saturated carbocycles. The first-order valence-electron chi connectivity index (χ1n) is 7.34. The third-order valence-electron chi connectivity index (χ3n) is 5.00. The van der Waals surface area contributed by atoms with Crippen molar-refractivity contribution in [2.45, 2.75) is 90.1 Å². The quantitative estimate of drug-likeness (QED) is 0.775. The first-order chi connectivity index (χ1) is 7.96. The molecule has 0 radical (unpaired) electrons. The van der Waals surface area contributed by atoms with Gasteiger partial charge in [0.1, 0.15) is 0 Å². The topological polar surface area (TPSA) is 29.5 Å². The van der Waals surface area contributed by atoms with Crippen molar-refractivity contribution in [3.63, 3.8) is 0 Å². The van der Waals surface area contributed by atoms with Crippen LogP contribution in [0.5, 0.6) is 0 Å². The van der Waals surface area contributed by atoms with E-state index in [1.165, 1.54) is 0 Å². The fraction of sp³-hybridized carbons (Fsp3) is 1.00. The standard InChI is InChI=1S/C15H32O2Si/c1-14(2,3)18(6,7)17-15(4,5)12-8-10-13(16)11-9-12/h12-13,16H,8-11H2,1-7H3/t12-,13-. The average Bonchev–Trinajstić information content (AvgIpc) is 2.14. The summed E-state index contributed by atoms with van der Waals surface area (Å²) >= 11 is 0. The molecule has 0 aliphatic heterocycles. The normalized spacial score (nSPS) is 27.3. The van der Waals surface area contributed by atoms with Crippen molar-refractivity contribution < 1.29 is 9.53 Å². The molecule has 18 heavy (non-hydrogen) atoms. The Bertz CT molecular complexity index is 271. The van der Waals surface area contributed by atoms with Crippen molar-refractivity contribution in [2.75, 3.05) is 0 Å². The summed E-state index contributed by atoms with van der Waals surface area (Å²) in [6, 6.07) is 0. The van der Waals surface area contributed by atoms with Gasteiger partial charge in [-0.25, -0.2) is 0 Å². The monoisotopic (exact) mass is 272 g/mol. The van der Waals surface area contributed by atoms with Crippen LogP contribution in [0.1, 0.15) is 60.3 Å². The summed E-state index contributed by atoms with van der Waals surface area (Å²) in [5.41, 5.74) is -0.0524. The molecule has 0 unspecified atom stereocenters. The molecule has 2 nitrogen and oxygen atoms in total. The van der Waals surface area contributed by atoms with Crippen LogP contribution in [-0.4, -0.2) is 25.1 Å². The summed E-state index contributed by atoms with van der Waals surface area (Å²) in [6.45, 7) is 16.0. The Kier molecular flexibility index (Phi) is 4.73. The van der Waals surface area contributed by atoms with Crippen molar-refractivity contribution in [3.8, 4) is 0 Å². The summed E-state index contributed by atoms with van der Waals surface area (Å²) in [4.78, 5) is 0. The van der Waals surface area contributed by atoms with Crippen LogP contribution < -0.4 is 0 Å². The largest absolute Gasteiger partial charge is 0.412 e. The van der Waals surface area contributed by atoms with Crippen LogP contribution in [0.25, 0.3) is 0 Å². The number of hydrogen-bond acceptors (Lipinski definition) is 2. The van der Waals surface area contributed by atoms with E-state index in [-0.39, 0.29) is 16.7 Å². The minimum Gasteiger partial charge on any atom is -0.412 e. The molecule has 1 aliphatic rings. The average molecular weight is 273 g/mol. The van der Waals surface area contributed by atoms with Crippen LogP contribution in [-0.2, 0) is 4.43 Å². The summed E-state index contributed by atoms with van der Waals surface area (Å²) in [5.74, 6) is 0.593. The molecule has 0 saturated heterocycles. The highest BCUT2D eigenvalue weighted by atomic mass is 28.4. The first-order valence-corrected chi connectivity index (χ1v) is 10.2. The summed E-state index contributed by atoms with van der Waals surface area (Å²) in [5, 5.41) is 9.88. The van der Waals surface area contributed by atoms with E-state index in [1.54, 1.807) is 0 Å². The molecule has 0 heterocycles. The van der Waals surface area contributed by atoms with Crippen molar-refractivity contribution in [1.82, 2.24) is 0 Å². The molecule has 1 aliphatic carbocycles. The van der Waals surface area contributed by atoms with Gasteiger partial charge in [-0.3, -0.25) is 0 Å². The second-order valence-electron chi connectivity index (χ2n) is 7.97. The molecule has 0 aromatic carbocycles. The molecule has 3 heteroatoms. The van der Waals surface area contributed by atoms with E-state index in [4.69, 9.17) is 4.43 Å². The van der Waals surface area contributed by atoms with Gasteiger partial charge in [-0.1, -0.05) is 20.8 Å². The molecule has 0 spiro atoms. The van der Waals surface area contributed by atoms with E-state index in [9.17, 15) is 5.11 Å². The lowest BCUT2D eigenvalue weighted by molar-refractivity contribution is -0.00917. The zero-order chi connectivity index (χ0) is 14.2. The zero-order valence-corrected chi connectivity index (χ0v) is 14.3. The minimum absolute atomic E-state index is 0.0524. The van der Waals surface area contributed by atoms with Crippen LogP contribution in [0.2, 0.25) is 18.1 Å². The predicted molar refractivity (Wildman–Crippen MR) is 80.3 cm³/mol. The van der Waals surface area contributed by atoms with Crippen LogP contribution in [0.15, 0.2) is 0 Å². The van der Waals surface area contributed by atoms with Crippen molar-refractivity contribution in [3.05, 3.63) is 0 Å². The van der Waals surface area contributed by atoms with Gasteiger partial charge in [0.25, 0.3) is 0 Å². The third kappa shape index (κ3) is 3.81. The Balaban J connectivity index is 2.70. The highest BCUT2D eigenvalue weighted by molar-refractivity contribution is 6.74. The van der Waals surface area contributed by atoms with E-state index in [0.717, 1.165) is 25.7 Å². The molecule has 0 aromatic rings. The van der Waals surface area contributed by atoms with E-state index in [2.05, 4.69) is 47.7 Å². The summed E-state index contributed by atoms with van der Waals surface area (Å²) in [7, 11) is -1.70. The van der Waals surface area contributed by atoms with Crippen molar-refractivity contribution in [1.29, 1.82) is 0 Å². The fourth-order valence-corrected chi connectivity index (χ4v) is 4.45. The Labute approximate surface area is 114 Å². The van der Waals surface area contributed by atoms with Gasteiger partial charge in [0.2, 0.25) is 0 Å². The van der Waals surface area contributed by atoms with Gasteiger partial charge in [-0.2, -0.15) is 0 Å². The van der Waals surface area contributed by atoms with Gasteiger partial charge >= 0.3 is 0 Å². The maximum atomic E-state index is 9.62. The fourth-order valence-electron chi connectivity index (χ4n) is 2.67. The van der Waals surface area contributed by atoms with Gasteiger partial charge < -0.3 is 9.53 Å². The van der Waals surface area contributed by atoms with E-state index in [1.807, 2.05) is 0 Å². The highest BCUT2D eigenvalue weighted by Crippen LogP contribution is 2.43. The lowest BCUT2D eigenvalue weighted by atomic mass is 9.78. The number of aliphatic hydroxyl groups is 1. The van der Waals surface area contributed by atoms with Gasteiger partial charge in [0, 0.05) is 0 Å². The zero-order valence-electron chi connectivity index (χ0n) is 13.3. The maximum Gasteiger partial charge on any atom is 0.192 e. The van der Waals surface area contributed by atoms with E-state index >= 15 is 0 Å². The Morgan fingerprint density at radius 1 is 0.944 bits per heavy atom. The second-order valence-corrected chi connectivity index (χ2v) is 12.7. The Morgan fingerprint density at radius 3 is 1.78 bits per heavy atom. The molecule has 1 N–H and O–H groups in total. The number of rotatable bonds is 3. The van der Waals surface area contributed by atoms with Crippen LogP contribution in [0.3, 0.4) is 0 Å². The van der Waals surface area contributed by atoms with Crippen LogP contribution in [0, 0.1) is 5.92 Å². The lowest BCUT2D eigenvalue weighted by Crippen LogP contribution is -2.51. The van der Waals surface area contributed by atoms with Crippen molar-refractivity contribution in [2.24, 2.45) is 5.92 Å². The smallest absolute Gasteiger partial charge is 0.192 e. The molecule has 0 aromatic heterocycles. The highest BCUT2D eigenvalue weighted by Gasteiger charge is 2.44. The summed E-state index contributed by atoms with van der Waals surface area (Å²) in [6.07, 6.45) is 4.00. The van der Waals surface area contributed by atoms with Crippen LogP contribution >= 0.6 is 0 Å². The summed E-state index contributed by atoms with van der Waals surface area (Å²) < 4.78 is 6.62. The lowest BCUT2D eigenvalue weighted by Gasteiger charge is -2.47.